The van der Waals surface area contributed by atoms with Crippen LogP contribution in [0.2, 0.25) is 0 Å². The van der Waals surface area contributed by atoms with Crippen molar-refractivity contribution in [1.82, 2.24) is 25.9 Å². The summed E-state index contributed by atoms with van der Waals surface area (Å²) in [4.78, 5) is 0. The van der Waals surface area contributed by atoms with Crippen molar-refractivity contribution < 1.29 is 4.39 Å². The van der Waals surface area contributed by atoms with Crippen molar-refractivity contribution in [2.45, 2.75) is 32.5 Å². The van der Waals surface area contributed by atoms with Crippen molar-refractivity contribution in [3.63, 3.8) is 0 Å². The Hall–Kier alpha value is -1.76. The molecule has 5 nitrogen and oxygen atoms in total. The molecule has 0 saturated carbocycles. The molecule has 2 heterocycles. The van der Waals surface area contributed by atoms with Gasteiger partial charge in [-0.3, -0.25) is 10.1 Å². The third kappa shape index (κ3) is 4.16. The fourth-order valence-corrected chi connectivity index (χ4v) is 3.02. The lowest BCUT2D eigenvalue weighted by Gasteiger charge is -2.22. The van der Waals surface area contributed by atoms with Crippen molar-refractivity contribution >= 4 is 0 Å². The largest absolute Gasteiger partial charge is 0.312 e. The number of nitrogens with zero attached hydrogens (tertiary/aromatic N) is 2. The van der Waals surface area contributed by atoms with E-state index in [1.165, 1.54) is 17.7 Å². The summed E-state index contributed by atoms with van der Waals surface area (Å²) in [6, 6.07) is 7.27. The Balaban J connectivity index is 1.53. The zero-order valence-electron chi connectivity index (χ0n) is 13.6. The van der Waals surface area contributed by atoms with Crippen LogP contribution in [0.3, 0.4) is 0 Å². The van der Waals surface area contributed by atoms with E-state index in [1.807, 2.05) is 29.9 Å². The fourth-order valence-electron chi connectivity index (χ4n) is 3.02. The van der Waals surface area contributed by atoms with Gasteiger partial charge in [-0.2, -0.15) is 5.10 Å². The first-order valence-electron chi connectivity index (χ1n) is 8.08. The van der Waals surface area contributed by atoms with Gasteiger partial charge in [0.15, 0.2) is 0 Å². The average molecular weight is 317 g/mol. The Morgan fingerprint density at radius 1 is 1.39 bits per heavy atom. The Labute approximate surface area is 136 Å². The Bertz CT molecular complexity index is 624. The lowest BCUT2D eigenvalue weighted by atomic mass is 9.94. The number of aromatic nitrogens is 2. The predicted molar refractivity (Wildman–Crippen MR) is 88.2 cm³/mol. The molecule has 1 aliphatic heterocycles. The third-order valence-corrected chi connectivity index (χ3v) is 4.27. The second kappa shape index (κ2) is 7.21. The van der Waals surface area contributed by atoms with E-state index in [2.05, 4.69) is 34.4 Å². The van der Waals surface area contributed by atoms with Crippen LogP contribution in [0.25, 0.3) is 0 Å². The Morgan fingerprint density at radius 3 is 2.87 bits per heavy atom. The van der Waals surface area contributed by atoms with Gasteiger partial charge in [-0.25, -0.2) is 9.82 Å². The number of benzene rings is 1. The van der Waals surface area contributed by atoms with Crippen molar-refractivity contribution in [1.29, 1.82) is 0 Å². The summed E-state index contributed by atoms with van der Waals surface area (Å²) in [7, 11) is 0. The number of halogens is 1. The van der Waals surface area contributed by atoms with Crippen LogP contribution in [-0.2, 0) is 6.54 Å². The molecule has 1 saturated heterocycles. The average Bonchev–Trinajstić information content (AvgIpc) is 3.15. The smallest absolute Gasteiger partial charge is 0.123 e. The normalized spacial score (nSPS) is 22.4. The molecule has 0 spiro atoms. The molecule has 0 aliphatic carbocycles. The molecule has 1 fully saturated rings. The molecule has 3 rings (SSSR count). The van der Waals surface area contributed by atoms with Crippen LogP contribution < -0.4 is 16.2 Å². The summed E-state index contributed by atoms with van der Waals surface area (Å²) in [5, 5.41) is 7.90. The number of hydrazine groups is 1. The van der Waals surface area contributed by atoms with E-state index in [1.54, 1.807) is 0 Å². The van der Waals surface area contributed by atoms with Crippen LogP contribution in [0.4, 0.5) is 4.39 Å². The molecule has 3 atom stereocenters. The molecule has 0 amide bonds. The van der Waals surface area contributed by atoms with E-state index >= 15 is 0 Å². The lowest BCUT2D eigenvalue weighted by molar-refractivity contribution is 0.385. The summed E-state index contributed by atoms with van der Waals surface area (Å²) in [5.74, 6) is 0.222. The van der Waals surface area contributed by atoms with E-state index < -0.39 is 0 Å². The van der Waals surface area contributed by atoms with E-state index in [-0.39, 0.29) is 11.9 Å². The molecule has 3 unspecified atom stereocenters. The quantitative estimate of drug-likeness (QED) is 0.760. The topological polar surface area (TPSA) is 53.9 Å². The molecular weight excluding hydrogens is 293 g/mol. The predicted octanol–water partition coefficient (Wildman–Crippen LogP) is 1.77. The van der Waals surface area contributed by atoms with E-state index in [4.69, 9.17) is 0 Å². The maximum Gasteiger partial charge on any atom is 0.123 e. The number of hydrogen-bond acceptors (Lipinski definition) is 4. The zero-order valence-corrected chi connectivity index (χ0v) is 13.6. The van der Waals surface area contributed by atoms with Crippen molar-refractivity contribution in [3.05, 3.63) is 53.6 Å². The van der Waals surface area contributed by atoms with Crippen LogP contribution in [0.1, 0.15) is 24.1 Å². The number of rotatable bonds is 6. The minimum Gasteiger partial charge on any atom is -0.312 e. The highest BCUT2D eigenvalue weighted by Gasteiger charge is 2.28. The fraction of sp³-hybridized carbons (Fsp3) is 0.471. The van der Waals surface area contributed by atoms with Crippen LogP contribution in [0, 0.1) is 18.7 Å². The van der Waals surface area contributed by atoms with Gasteiger partial charge in [0, 0.05) is 31.2 Å². The molecule has 6 heteroatoms. The monoisotopic (exact) mass is 317 g/mol. The summed E-state index contributed by atoms with van der Waals surface area (Å²) in [6.07, 6.45) is 3.93. The second-order valence-corrected chi connectivity index (χ2v) is 6.36. The molecule has 0 bridgehead atoms. The third-order valence-electron chi connectivity index (χ3n) is 4.27. The van der Waals surface area contributed by atoms with Crippen LogP contribution in [0.5, 0.6) is 0 Å². The molecule has 1 aromatic heterocycles. The van der Waals surface area contributed by atoms with Crippen molar-refractivity contribution in [2.24, 2.45) is 5.92 Å². The summed E-state index contributed by atoms with van der Waals surface area (Å²) in [5.41, 5.74) is 8.79. The van der Waals surface area contributed by atoms with Crippen molar-refractivity contribution in [3.8, 4) is 0 Å². The second-order valence-electron chi connectivity index (χ2n) is 6.36. The van der Waals surface area contributed by atoms with E-state index in [0.29, 0.717) is 12.0 Å². The van der Waals surface area contributed by atoms with Crippen LogP contribution in [0.15, 0.2) is 36.7 Å². The number of aryl methyl sites for hydroxylation is 1. The first-order chi connectivity index (χ1) is 11.1. The minimum atomic E-state index is -0.197. The molecular formula is C17H24FN5. The standard InChI is InChI=1S/C17H24FN5/c1-12-7-21-23(10-12)11-13(2)19-8-15-9-20-22-17(15)14-3-5-16(18)6-4-14/h3-7,10,13,15,17,19-20,22H,8-9,11H2,1-2H3. The molecule has 2 aromatic rings. The van der Waals surface area contributed by atoms with Gasteiger partial charge in [0.25, 0.3) is 0 Å². The molecule has 124 valence electrons. The van der Waals surface area contributed by atoms with Gasteiger partial charge in [0.1, 0.15) is 5.82 Å². The first kappa shape index (κ1) is 16.1. The summed E-state index contributed by atoms with van der Waals surface area (Å²) >= 11 is 0. The number of hydrogen-bond donors (Lipinski definition) is 3. The highest BCUT2D eigenvalue weighted by Crippen LogP contribution is 2.24. The minimum absolute atomic E-state index is 0.197. The summed E-state index contributed by atoms with van der Waals surface area (Å²) < 4.78 is 15.0. The van der Waals surface area contributed by atoms with Gasteiger partial charge in [-0.1, -0.05) is 12.1 Å². The van der Waals surface area contributed by atoms with Gasteiger partial charge in [-0.05, 0) is 37.1 Å². The molecule has 3 N–H and O–H groups in total. The highest BCUT2D eigenvalue weighted by atomic mass is 19.1. The van der Waals surface area contributed by atoms with Crippen LogP contribution >= 0.6 is 0 Å². The van der Waals surface area contributed by atoms with Gasteiger partial charge < -0.3 is 5.32 Å². The van der Waals surface area contributed by atoms with Gasteiger partial charge >= 0.3 is 0 Å². The van der Waals surface area contributed by atoms with E-state index in [9.17, 15) is 4.39 Å². The maximum atomic E-state index is 13.1. The van der Waals surface area contributed by atoms with Gasteiger partial charge in [0.05, 0.1) is 18.8 Å². The molecule has 0 radical (unpaired) electrons. The SMILES string of the molecule is Cc1cnn(CC(C)NCC2CNNC2c2ccc(F)cc2)c1. The highest BCUT2D eigenvalue weighted by molar-refractivity contribution is 5.21. The van der Waals surface area contributed by atoms with E-state index in [0.717, 1.165) is 25.2 Å². The lowest BCUT2D eigenvalue weighted by Crippen LogP contribution is -2.36. The molecule has 1 aromatic carbocycles. The number of nitrogens with one attached hydrogen (secondary N) is 3. The molecule has 23 heavy (non-hydrogen) atoms. The van der Waals surface area contributed by atoms with Crippen molar-refractivity contribution in [2.75, 3.05) is 13.1 Å². The maximum absolute atomic E-state index is 13.1. The Kier molecular flexibility index (Phi) is 5.05. The zero-order chi connectivity index (χ0) is 16.2. The summed E-state index contributed by atoms with van der Waals surface area (Å²) in [6.45, 7) is 6.85. The van der Waals surface area contributed by atoms with Crippen LogP contribution in [-0.4, -0.2) is 28.9 Å². The first-order valence-corrected chi connectivity index (χ1v) is 8.08. The Morgan fingerprint density at radius 2 is 2.17 bits per heavy atom. The molecule has 1 aliphatic rings. The van der Waals surface area contributed by atoms with Gasteiger partial charge in [-0.15, -0.1) is 0 Å². The van der Waals surface area contributed by atoms with Gasteiger partial charge in [0.2, 0.25) is 0 Å².